The van der Waals surface area contributed by atoms with Crippen molar-refractivity contribution in [3.05, 3.63) is 17.0 Å². The van der Waals surface area contributed by atoms with Crippen LogP contribution in [0.4, 0.5) is 0 Å². The molecule has 0 fully saturated rings. The Labute approximate surface area is 81.0 Å². The first-order chi connectivity index (χ1) is 5.54. The third kappa shape index (κ3) is 2.56. The van der Waals surface area contributed by atoms with E-state index in [1.54, 1.807) is 13.8 Å². The third-order valence-electron chi connectivity index (χ3n) is 1.41. The van der Waals surface area contributed by atoms with Gasteiger partial charge in [-0.1, -0.05) is 0 Å². The summed E-state index contributed by atoms with van der Waals surface area (Å²) in [4.78, 5) is 0. The lowest BCUT2D eigenvalue weighted by Crippen LogP contribution is -2.13. The molecule has 66 valence electrons. The maximum absolute atomic E-state index is 10.2. The second-order valence-corrected chi connectivity index (χ2v) is 5.82. The molecule has 0 unspecified atom stereocenters. The molecule has 0 aliphatic carbocycles. The van der Waals surface area contributed by atoms with Crippen molar-refractivity contribution >= 4 is 30.4 Å². The van der Waals surface area contributed by atoms with Gasteiger partial charge >= 0.3 is 0 Å². The lowest BCUT2D eigenvalue weighted by molar-refractivity contribution is 0.0789. The molecule has 0 spiro atoms. The first-order valence-electron chi connectivity index (χ1n) is 3.35. The van der Waals surface area contributed by atoms with E-state index in [0.717, 1.165) is 9.77 Å². The molecule has 0 saturated heterocycles. The fourth-order valence-corrected chi connectivity index (χ4v) is 3.13. The first-order valence-corrected chi connectivity index (χ1v) is 6.46. The molecule has 1 N–H and O–H groups in total. The minimum atomic E-state index is -0.797. The second kappa shape index (κ2) is 3.88. The van der Waals surface area contributed by atoms with Crippen LogP contribution in [0.25, 0.3) is 0 Å². The van der Waals surface area contributed by atoms with Gasteiger partial charge in [-0.15, -0.1) is 11.3 Å². The lowest BCUT2D eigenvalue weighted by Gasteiger charge is -2.14. The zero-order chi connectivity index (χ0) is 9.19. The second-order valence-electron chi connectivity index (χ2n) is 2.88. The number of rotatable bonds is 3. The Bertz CT molecular complexity index is 277. The van der Waals surface area contributed by atoms with Gasteiger partial charge in [-0.3, -0.25) is 4.57 Å². The van der Waals surface area contributed by atoms with E-state index in [1.165, 1.54) is 22.7 Å². The molecule has 0 amide bonds. The van der Waals surface area contributed by atoms with Crippen LogP contribution in [0, 0.1) is 0 Å². The van der Waals surface area contributed by atoms with Gasteiger partial charge < -0.3 is 5.11 Å². The monoisotopic (exact) mass is 220 g/mol. The number of hydrogen-bond donors (Lipinski definition) is 1. The van der Waals surface area contributed by atoms with Gasteiger partial charge in [0.05, 0.1) is 9.81 Å². The summed E-state index contributed by atoms with van der Waals surface area (Å²) in [5, 5.41) is 11.5. The predicted octanol–water partition coefficient (Wildman–Crippen LogP) is 3.27. The summed E-state index contributed by atoms with van der Waals surface area (Å²) in [5.74, 6) is 0. The summed E-state index contributed by atoms with van der Waals surface area (Å²) in [6.45, 7) is 3.47. The van der Waals surface area contributed by atoms with Crippen molar-refractivity contribution in [2.24, 2.45) is 0 Å². The molecule has 0 bridgehead atoms. The quantitative estimate of drug-likeness (QED) is 0.794. The fourth-order valence-electron chi connectivity index (χ4n) is 0.722. The van der Waals surface area contributed by atoms with Crippen LogP contribution in [0.5, 0.6) is 0 Å². The van der Waals surface area contributed by atoms with Crippen LogP contribution in [0.2, 0.25) is 0 Å². The van der Waals surface area contributed by atoms with E-state index < -0.39 is 5.60 Å². The average molecular weight is 220 g/mol. The Morgan fingerprint density at radius 3 is 2.75 bits per heavy atom. The van der Waals surface area contributed by atoms with Crippen molar-refractivity contribution in [1.82, 2.24) is 0 Å². The van der Waals surface area contributed by atoms with E-state index in [9.17, 15) is 9.67 Å². The highest BCUT2D eigenvalue weighted by Crippen LogP contribution is 2.36. The van der Waals surface area contributed by atoms with Crippen molar-refractivity contribution in [2.45, 2.75) is 23.7 Å². The first kappa shape index (κ1) is 10.2. The van der Waals surface area contributed by atoms with Crippen LogP contribution < -0.4 is 0 Å². The minimum Gasteiger partial charge on any atom is -0.386 e. The Kier molecular flexibility index (Phi) is 3.29. The fraction of sp³-hybridized carbons (Fsp3) is 0.429. The molecule has 0 atom stereocenters. The smallest absolute Gasteiger partial charge is 0.232 e. The lowest BCUT2D eigenvalue weighted by atomic mass is 10.0. The highest BCUT2D eigenvalue weighted by Gasteiger charge is 2.17. The molecule has 2 nitrogen and oxygen atoms in total. The van der Waals surface area contributed by atoms with Crippen molar-refractivity contribution in [1.29, 1.82) is 0 Å². The summed E-state index contributed by atoms with van der Waals surface area (Å²) < 4.78 is 11.2. The van der Waals surface area contributed by atoms with Gasteiger partial charge in [0.15, 0.2) is 0 Å². The molecule has 1 heterocycles. The van der Waals surface area contributed by atoms with E-state index in [-0.39, 0.29) is 7.66 Å². The summed E-state index contributed by atoms with van der Waals surface area (Å²) in [6, 6.07) is 1.86. The van der Waals surface area contributed by atoms with Crippen LogP contribution in [0.3, 0.4) is 0 Å². The molecule has 1 aromatic rings. The van der Waals surface area contributed by atoms with E-state index in [2.05, 4.69) is 0 Å². The van der Waals surface area contributed by atoms with Crippen molar-refractivity contribution in [3.8, 4) is 0 Å². The number of thiophene rings is 1. The molecule has 0 aromatic carbocycles. The number of aliphatic hydroxyl groups is 1. The van der Waals surface area contributed by atoms with Gasteiger partial charge in [0.2, 0.25) is 7.66 Å². The zero-order valence-electron chi connectivity index (χ0n) is 6.77. The van der Waals surface area contributed by atoms with E-state index >= 15 is 0 Å². The van der Waals surface area contributed by atoms with Gasteiger partial charge in [0.1, 0.15) is 0 Å². The summed E-state index contributed by atoms with van der Waals surface area (Å²) in [6.07, 6.45) is 0. The average Bonchev–Trinajstić information content (AvgIpc) is 2.35. The normalized spacial score (nSPS) is 12.2. The van der Waals surface area contributed by atoms with Crippen molar-refractivity contribution in [2.75, 3.05) is 0 Å². The summed E-state index contributed by atoms with van der Waals surface area (Å²) in [5.41, 5.74) is 0.0772. The largest absolute Gasteiger partial charge is 0.386 e. The van der Waals surface area contributed by atoms with E-state index in [4.69, 9.17) is 0 Å². The molecule has 0 radical (unpaired) electrons. The molecule has 0 aliphatic rings. The van der Waals surface area contributed by atoms with Gasteiger partial charge in [0, 0.05) is 0 Å². The van der Waals surface area contributed by atoms with Gasteiger partial charge in [-0.2, -0.15) is 0 Å². The minimum absolute atomic E-state index is 0.0508. The molecule has 0 saturated carbocycles. The maximum atomic E-state index is 10.2. The molecular weight excluding hydrogens is 211 g/mol. The van der Waals surface area contributed by atoms with Crippen LogP contribution in [0.1, 0.15) is 19.4 Å². The highest BCUT2D eigenvalue weighted by molar-refractivity contribution is 8.46. The molecular formula is C7H9O2PS2. The summed E-state index contributed by atoms with van der Waals surface area (Å²) >= 11 is 2.73. The Balaban J connectivity index is 2.84. The molecule has 12 heavy (non-hydrogen) atoms. The standard InChI is InChI=1S/C7H9O2PS2/c1-7(2,8)5-3-6(11-4-5)12-10-9/h3-4,8H,1-2H3. The number of hydrogen-bond acceptors (Lipinski definition) is 4. The van der Waals surface area contributed by atoms with Gasteiger partial charge in [-0.05, 0) is 42.2 Å². The topological polar surface area (TPSA) is 37.3 Å². The Morgan fingerprint density at radius 1 is 1.67 bits per heavy atom. The Morgan fingerprint density at radius 2 is 2.33 bits per heavy atom. The van der Waals surface area contributed by atoms with Crippen molar-refractivity contribution in [3.63, 3.8) is 0 Å². The zero-order valence-corrected chi connectivity index (χ0v) is 9.30. The van der Waals surface area contributed by atoms with E-state index in [0.29, 0.717) is 0 Å². The highest BCUT2D eigenvalue weighted by atomic mass is 32.7. The molecule has 5 heteroatoms. The van der Waals surface area contributed by atoms with Crippen LogP contribution in [-0.4, -0.2) is 5.11 Å². The Hall–Kier alpha value is 0.110. The SMILES string of the molecule is CC(C)(O)c1csc(SP=O)c1. The maximum Gasteiger partial charge on any atom is 0.232 e. The van der Waals surface area contributed by atoms with Gasteiger partial charge in [-0.25, -0.2) is 0 Å². The van der Waals surface area contributed by atoms with Crippen LogP contribution in [0.15, 0.2) is 15.7 Å². The van der Waals surface area contributed by atoms with Crippen LogP contribution in [-0.2, 0) is 10.2 Å². The molecule has 0 aliphatic heterocycles. The van der Waals surface area contributed by atoms with Crippen molar-refractivity contribution < 1.29 is 9.67 Å². The van der Waals surface area contributed by atoms with E-state index in [1.807, 2.05) is 11.4 Å². The van der Waals surface area contributed by atoms with Gasteiger partial charge in [0.25, 0.3) is 0 Å². The summed E-state index contributed by atoms with van der Waals surface area (Å²) in [7, 11) is 0.0508. The molecule has 1 aromatic heterocycles. The molecule has 1 rings (SSSR count). The third-order valence-corrected chi connectivity index (χ3v) is 4.23. The predicted molar refractivity (Wildman–Crippen MR) is 53.0 cm³/mol. The van der Waals surface area contributed by atoms with Crippen LogP contribution >= 0.6 is 30.4 Å².